The molecule has 0 aliphatic heterocycles. The van der Waals surface area contributed by atoms with Gasteiger partial charge in [-0.2, -0.15) is 0 Å². The van der Waals surface area contributed by atoms with Crippen LogP contribution >= 0.6 is 15.9 Å². The normalized spacial score (nSPS) is 12.3. The minimum Gasteiger partial charge on any atom is -0.314 e. The van der Waals surface area contributed by atoms with Crippen molar-refractivity contribution >= 4 is 15.9 Å². The molecule has 0 bridgehead atoms. The number of nitrogens with one attached hydrogen (secondary N) is 1. The molecule has 1 aromatic carbocycles. The zero-order valence-corrected chi connectivity index (χ0v) is 13.4. The summed E-state index contributed by atoms with van der Waals surface area (Å²) in [5, 5.41) is 3.56. The molecule has 0 amide bonds. The van der Waals surface area contributed by atoms with Crippen LogP contribution in [0.2, 0.25) is 0 Å². The summed E-state index contributed by atoms with van der Waals surface area (Å²) >= 11 is 3.43. The van der Waals surface area contributed by atoms with E-state index in [0.29, 0.717) is 6.04 Å². The molecule has 1 aromatic heterocycles. The van der Waals surface area contributed by atoms with E-state index in [4.69, 9.17) is 0 Å². The first-order valence-electron chi connectivity index (χ1n) is 7.15. The fourth-order valence-corrected chi connectivity index (χ4v) is 2.56. The summed E-state index contributed by atoms with van der Waals surface area (Å²) in [6.45, 7) is 3.15. The lowest BCUT2D eigenvalue weighted by Gasteiger charge is -2.17. The number of likely N-dealkylation sites (N-methyl/N-ethyl adjacent to an activating group) is 1. The number of benzene rings is 1. The van der Waals surface area contributed by atoms with Gasteiger partial charge < -0.3 is 5.32 Å². The highest BCUT2D eigenvalue weighted by molar-refractivity contribution is 9.10. The first-order chi connectivity index (χ1) is 9.78. The number of hydrogen-bond acceptors (Lipinski definition) is 2. The third-order valence-electron chi connectivity index (χ3n) is 3.36. The van der Waals surface area contributed by atoms with Crippen LogP contribution in [0.15, 0.2) is 53.1 Å². The van der Waals surface area contributed by atoms with Gasteiger partial charge in [0.05, 0.1) is 0 Å². The molecule has 0 aliphatic carbocycles. The van der Waals surface area contributed by atoms with E-state index in [1.807, 2.05) is 6.20 Å². The molecule has 0 saturated heterocycles. The SMILES string of the molecule is CCNC(CCc1ccccc1)Cc1ccc(Br)cn1. The molecule has 0 spiro atoms. The zero-order chi connectivity index (χ0) is 14.2. The first kappa shape index (κ1) is 15.2. The fourth-order valence-electron chi connectivity index (χ4n) is 2.33. The second kappa shape index (κ2) is 8.18. The second-order valence-corrected chi connectivity index (χ2v) is 5.87. The average Bonchev–Trinajstić information content (AvgIpc) is 2.48. The van der Waals surface area contributed by atoms with Gasteiger partial charge in [0.25, 0.3) is 0 Å². The summed E-state index contributed by atoms with van der Waals surface area (Å²) in [5.74, 6) is 0. The summed E-state index contributed by atoms with van der Waals surface area (Å²) in [7, 11) is 0. The van der Waals surface area contributed by atoms with Crippen LogP contribution in [-0.4, -0.2) is 17.6 Å². The van der Waals surface area contributed by atoms with Crippen molar-refractivity contribution in [3.8, 4) is 0 Å². The van der Waals surface area contributed by atoms with Gasteiger partial charge >= 0.3 is 0 Å². The number of nitrogens with zero attached hydrogens (tertiary/aromatic N) is 1. The van der Waals surface area contributed by atoms with Gasteiger partial charge in [0.2, 0.25) is 0 Å². The molecule has 1 N–H and O–H groups in total. The van der Waals surface area contributed by atoms with Gasteiger partial charge in [-0.05, 0) is 53.0 Å². The lowest BCUT2D eigenvalue weighted by atomic mass is 10.0. The van der Waals surface area contributed by atoms with E-state index in [1.54, 1.807) is 0 Å². The van der Waals surface area contributed by atoms with Crippen LogP contribution in [0.1, 0.15) is 24.6 Å². The Bertz CT molecular complexity index is 496. The van der Waals surface area contributed by atoms with E-state index in [9.17, 15) is 0 Å². The van der Waals surface area contributed by atoms with Crippen molar-refractivity contribution in [2.24, 2.45) is 0 Å². The Balaban J connectivity index is 1.91. The molecule has 1 heterocycles. The minimum atomic E-state index is 0.480. The fraction of sp³-hybridized carbons (Fsp3) is 0.353. The summed E-state index contributed by atoms with van der Waals surface area (Å²) in [5.41, 5.74) is 2.55. The largest absolute Gasteiger partial charge is 0.314 e. The summed E-state index contributed by atoms with van der Waals surface area (Å²) in [6, 6.07) is 15.3. The molecule has 1 unspecified atom stereocenters. The van der Waals surface area contributed by atoms with Crippen molar-refractivity contribution < 1.29 is 0 Å². The summed E-state index contributed by atoms with van der Waals surface area (Å²) < 4.78 is 1.03. The van der Waals surface area contributed by atoms with Crippen molar-refractivity contribution in [1.29, 1.82) is 0 Å². The second-order valence-electron chi connectivity index (χ2n) is 4.95. The van der Waals surface area contributed by atoms with Crippen molar-refractivity contribution in [3.05, 3.63) is 64.4 Å². The highest BCUT2D eigenvalue weighted by atomic mass is 79.9. The molecular formula is C17H21BrN2. The Kier molecular flexibility index (Phi) is 6.22. The zero-order valence-electron chi connectivity index (χ0n) is 11.8. The molecule has 0 saturated carbocycles. The van der Waals surface area contributed by atoms with E-state index in [2.05, 4.69) is 75.6 Å². The van der Waals surface area contributed by atoms with Crippen molar-refractivity contribution in [2.45, 2.75) is 32.2 Å². The molecule has 1 atom stereocenters. The lowest BCUT2D eigenvalue weighted by molar-refractivity contribution is 0.487. The topological polar surface area (TPSA) is 24.9 Å². The first-order valence-corrected chi connectivity index (χ1v) is 7.95. The van der Waals surface area contributed by atoms with Gasteiger partial charge in [0.15, 0.2) is 0 Å². The molecular weight excluding hydrogens is 312 g/mol. The maximum Gasteiger partial charge on any atom is 0.0419 e. The van der Waals surface area contributed by atoms with Crippen LogP contribution in [0.25, 0.3) is 0 Å². The average molecular weight is 333 g/mol. The standard InChI is InChI=1S/C17H21BrN2/c1-2-19-16(10-8-14-6-4-3-5-7-14)12-17-11-9-15(18)13-20-17/h3-7,9,11,13,16,19H,2,8,10,12H2,1H3. The highest BCUT2D eigenvalue weighted by Crippen LogP contribution is 2.11. The van der Waals surface area contributed by atoms with Crippen LogP contribution in [-0.2, 0) is 12.8 Å². The molecule has 0 radical (unpaired) electrons. The molecule has 3 heteroatoms. The molecule has 106 valence electrons. The monoisotopic (exact) mass is 332 g/mol. The van der Waals surface area contributed by atoms with E-state index >= 15 is 0 Å². The molecule has 20 heavy (non-hydrogen) atoms. The highest BCUT2D eigenvalue weighted by Gasteiger charge is 2.09. The quantitative estimate of drug-likeness (QED) is 0.828. The minimum absolute atomic E-state index is 0.480. The van der Waals surface area contributed by atoms with Gasteiger partial charge in [0.1, 0.15) is 0 Å². The number of hydrogen-bond donors (Lipinski definition) is 1. The Labute approximate surface area is 129 Å². The van der Waals surface area contributed by atoms with Gasteiger partial charge in [0, 0.05) is 28.8 Å². The van der Waals surface area contributed by atoms with E-state index in [0.717, 1.165) is 36.0 Å². The molecule has 2 aromatic rings. The van der Waals surface area contributed by atoms with Crippen molar-refractivity contribution in [2.75, 3.05) is 6.54 Å². The van der Waals surface area contributed by atoms with Gasteiger partial charge in [-0.3, -0.25) is 4.98 Å². The van der Waals surface area contributed by atoms with E-state index < -0.39 is 0 Å². The van der Waals surface area contributed by atoms with Gasteiger partial charge in [-0.25, -0.2) is 0 Å². The van der Waals surface area contributed by atoms with Gasteiger partial charge in [-0.1, -0.05) is 37.3 Å². The number of halogens is 1. The van der Waals surface area contributed by atoms with Gasteiger partial charge in [-0.15, -0.1) is 0 Å². The third-order valence-corrected chi connectivity index (χ3v) is 3.83. The van der Waals surface area contributed by atoms with Crippen LogP contribution in [0.3, 0.4) is 0 Å². The molecule has 2 rings (SSSR count). The van der Waals surface area contributed by atoms with Crippen molar-refractivity contribution in [3.63, 3.8) is 0 Å². The Morgan fingerprint density at radius 3 is 2.60 bits per heavy atom. The van der Waals surface area contributed by atoms with Crippen LogP contribution < -0.4 is 5.32 Å². The Morgan fingerprint density at radius 1 is 1.15 bits per heavy atom. The molecule has 2 nitrogen and oxygen atoms in total. The van der Waals surface area contributed by atoms with Crippen LogP contribution in [0.5, 0.6) is 0 Å². The molecule has 0 aliphatic rings. The number of aryl methyl sites for hydroxylation is 1. The number of rotatable bonds is 7. The molecule has 0 fully saturated rings. The van der Waals surface area contributed by atoms with E-state index in [1.165, 1.54) is 5.56 Å². The van der Waals surface area contributed by atoms with Crippen LogP contribution in [0.4, 0.5) is 0 Å². The Morgan fingerprint density at radius 2 is 1.95 bits per heavy atom. The smallest absolute Gasteiger partial charge is 0.0419 e. The number of pyridine rings is 1. The summed E-state index contributed by atoms with van der Waals surface area (Å²) in [4.78, 5) is 4.47. The predicted octanol–water partition coefficient (Wildman–Crippen LogP) is 4.00. The Hall–Kier alpha value is -1.19. The summed E-state index contributed by atoms with van der Waals surface area (Å²) in [6.07, 6.45) is 5.09. The van der Waals surface area contributed by atoms with Crippen LogP contribution in [0, 0.1) is 0 Å². The lowest BCUT2D eigenvalue weighted by Crippen LogP contribution is -2.31. The van der Waals surface area contributed by atoms with Crippen molar-refractivity contribution in [1.82, 2.24) is 10.3 Å². The predicted molar refractivity (Wildman–Crippen MR) is 87.9 cm³/mol. The van der Waals surface area contributed by atoms with E-state index in [-0.39, 0.29) is 0 Å². The number of aromatic nitrogens is 1. The maximum atomic E-state index is 4.47. The third kappa shape index (κ3) is 5.06. The maximum absolute atomic E-state index is 4.47.